The number of aliphatic carboxylic acids is 1. The first-order valence-electron chi connectivity index (χ1n) is 36.1. The van der Waals surface area contributed by atoms with Gasteiger partial charge in [-0.2, -0.15) is 25.3 Å². The van der Waals surface area contributed by atoms with Crippen molar-refractivity contribution in [1.82, 2.24) is 63.8 Å². The predicted molar refractivity (Wildman–Crippen MR) is 417 cm³/mol. The minimum atomic E-state index is -1.91. The van der Waals surface area contributed by atoms with Gasteiger partial charge in [-0.15, -0.1) is 0 Å². The molecule has 0 heterocycles. The van der Waals surface area contributed by atoms with Crippen molar-refractivity contribution in [2.24, 2.45) is 83.8 Å². The van der Waals surface area contributed by atoms with Crippen LogP contribution in [-0.2, 0) is 73.5 Å². The third-order valence-electron chi connectivity index (χ3n) is 16.5. The summed E-state index contributed by atoms with van der Waals surface area (Å²) in [7, 11) is 0. The van der Waals surface area contributed by atoms with Gasteiger partial charge in [0.15, 0.2) is 17.9 Å². The maximum absolute atomic E-state index is 14.4. The maximum atomic E-state index is 14.4. The van der Waals surface area contributed by atoms with Gasteiger partial charge in [0.05, 0.1) is 18.6 Å². The molecular weight excluding hydrogens is 1500 g/mol. The number of phenols is 1. The van der Waals surface area contributed by atoms with E-state index in [0.29, 0.717) is 24.8 Å². The molecule has 626 valence electrons. The molecule has 0 bridgehead atoms. The van der Waals surface area contributed by atoms with Gasteiger partial charge in [0, 0.05) is 37.6 Å². The fourth-order valence-corrected chi connectivity index (χ4v) is 11.0. The third-order valence-corrected chi connectivity index (χ3v) is 17.2. The molecule has 0 saturated carbocycles. The molecule has 0 saturated heterocycles. The first-order chi connectivity index (χ1) is 52.5. The van der Waals surface area contributed by atoms with Crippen molar-refractivity contribution in [1.29, 1.82) is 0 Å². The van der Waals surface area contributed by atoms with E-state index < -0.39 is 180 Å². The number of aliphatic hydroxyl groups is 1. The fourth-order valence-electron chi connectivity index (χ4n) is 10.5. The Morgan fingerprint density at radius 2 is 0.703 bits per heavy atom. The van der Waals surface area contributed by atoms with Crippen LogP contribution in [0.2, 0.25) is 0 Å². The third kappa shape index (κ3) is 39.9. The van der Waals surface area contributed by atoms with Gasteiger partial charge in [-0.05, 0) is 134 Å². The van der Waals surface area contributed by atoms with Crippen LogP contribution < -0.4 is 133 Å². The fraction of sp³-hybridized carbons (Fsp3) is 0.646. The van der Waals surface area contributed by atoms with Gasteiger partial charge in [-0.1, -0.05) is 31.9 Å². The van der Waals surface area contributed by atoms with Gasteiger partial charge in [-0.3, -0.25) is 77.3 Å². The number of carbonyl (C=O) groups is 14. The normalized spacial score (nSPS) is 14.8. The number of hydrogen-bond acceptors (Lipinski definition) is 26. The van der Waals surface area contributed by atoms with Crippen molar-refractivity contribution in [2.75, 3.05) is 57.3 Å². The van der Waals surface area contributed by atoms with Crippen LogP contribution in [0.5, 0.6) is 5.75 Å². The van der Waals surface area contributed by atoms with Crippen LogP contribution in [0.1, 0.15) is 122 Å². The number of hydrogen-bond donors (Lipinski definition) is 29. The molecule has 46 heteroatoms. The number of primary amides is 1. The monoisotopic (exact) mass is 1610 g/mol. The molecule has 1 aromatic carbocycles. The van der Waals surface area contributed by atoms with Crippen LogP contribution in [0, 0.1) is 0 Å². The lowest BCUT2D eigenvalue weighted by Crippen LogP contribution is -2.62. The molecule has 1 rings (SSSR count). The van der Waals surface area contributed by atoms with E-state index in [1.807, 2.05) is 6.92 Å². The predicted octanol–water partition coefficient (Wildman–Crippen LogP) is -11.2. The molecule has 111 heavy (non-hydrogen) atoms. The van der Waals surface area contributed by atoms with Crippen LogP contribution in [0.15, 0.2) is 39.2 Å². The average Bonchev–Trinajstić information content (AvgIpc) is 0.859. The second-order valence-corrected chi connectivity index (χ2v) is 26.5. The zero-order valence-electron chi connectivity index (χ0n) is 62.5. The Morgan fingerprint density at radius 3 is 1.06 bits per heavy atom. The summed E-state index contributed by atoms with van der Waals surface area (Å²) in [5.41, 5.74) is 68.1. The highest BCUT2D eigenvalue weighted by molar-refractivity contribution is 7.80. The second-order valence-electron chi connectivity index (χ2n) is 25.8. The number of benzene rings is 1. The van der Waals surface area contributed by atoms with Crippen LogP contribution in [0.25, 0.3) is 0 Å². The Bertz CT molecular complexity index is 3280. The van der Waals surface area contributed by atoms with Gasteiger partial charge in [0.2, 0.25) is 76.8 Å². The van der Waals surface area contributed by atoms with E-state index in [1.165, 1.54) is 24.3 Å². The van der Waals surface area contributed by atoms with Gasteiger partial charge in [0.1, 0.15) is 78.3 Å². The lowest BCUT2D eigenvalue weighted by Gasteiger charge is -2.29. The first kappa shape index (κ1) is 98.9. The smallest absolute Gasteiger partial charge is 0.326 e. The molecule has 0 radical (unpaired) electrons. The zero-order chi connectivity index (χ0) is 83.9. The maximum Gasteiger partial charge on any atom is 0.326 e. The molecule has 13 amide bonds. The SMILES string of the molecule is CCCC[C@H](NC(=O)[C@H](CCCN=C(N)N)NC(=O)[C@H](CCN)NC(=O)[C@H](CS)NC(=O)[C@H](CCCCN)NC(=O)[C@@H](CCN)NC(=O)[C@@H](NC(=O)[C@H](CCN)NC(=O)[C@H](CCCN=C(N)N)NC(=O)[C@H](CC(N)=O)NC(=O)[C@H](CS)NC(=O)[C@H](Cc1ccc(O)cc1)NC(=O)[C@@H](N)CCCN=C(N)N)[C@@H](C)O)C(=O)O. The number of aliphatic hydroxyl groups excluding tert-OH is 1. The van der Waals surface area contributed by atoms with E-state index in [2.05, 4.69) is 104 Å². The van der Waals surface area contributed by atoms with Crippen molar-refractivity contribution >= 4 is 126 Å². The number of aliphatic imine (C=N–C) groups is 3. The minimum Gasteiger partial charge on any atom is -0.508 e. The number of carbonyl (C=O) groups excluding carboxylic acids is 13. The van der Waals surface area contributed by atoms with Crippen molar-refractivity contribution in [3.8, 4) is 5.75 Å². The number of guanidine groups is 3. The van der Waals surface area contributed by atoms with E-state index in [0.717, 1.165) is 6.92 Å². The Kier molecular flexibility index (Phi) is 48.5. The summed E-state index contributed by atoms with van der Waals surface area (Å²) in [5, 5.41) is 60.1. The van der Waals surface area contributed by atoms with E-state index in [1.54, 1.807) is 0 Å². The Morgan fingerprint density at radius 1 is 0.387 bits per heavy atom. The summed E-state index contributed by atoms with van der Waals surface area (Å²) in [5.74, 6) is -16.3. The van der Waals surface area contributed by atoms with Gasteiger partial charge in [0.25, 0.3) is 0 Å². The standard InChI is InChI=1S/C65H117N27O17S2/c1-3-4-11-43(62(108)109)87-52(98)39(14-9-28-80-65(76)77)82-54(100)40(19-23-67)85-59(105)46(31-110)90-53(99)37(12-5-6-22-66)81-55(101)41(20-24-68)86-61(107)49(33(2)93)92-56(102)42(21-25-69)84-51(97)38(13-8-27-79-64(74)75)83-58(104)45(30-48(71)95)89-60(106)47(32-111)91-57(103)44(29-34-15-17-35(94)18-16-34)88-50(96)36(70)10-7-26-78-63(72)73/h15-18,33,36-47,49,93-94,110-111H,3-14,19-32,66-70H2,1-2H3,(H2,71,95)(H,81,101)(H,82,100)(H,83,104)(H,84,97)(H,85,105)(H,86,107)(H,87,98)(H,88,96)(H,89,106)(H,90,99)(H,91,103)(H,92,102)(H,108,109)(H4,72,73,78)(H4,74,75,79)(H4,76,77,80)/t33-,36+,37+,38+,39+,40+,41-,42+,43+,44+,45+,46+,47+,49+/m1/s1. The van der Waals surface area contributed by atoms with Crippen LogP contribution in [-0.4, -0.2) is 258 Å². The number of nitrogens with zero attached hydrogens (tertiary/aromatic N) is 3. The summed E-state index contributed by atoms with van der Waals surface area (Å²) < 4.78 is 0. The Labute approximate surface area is 653 Å². The molecule has 0 aromatic heterocycles. The van der Waals surface area contributed by atoms with E-state index in [-0.39, 0.29) is 159 Å². The second kappa shape index (κ2) is 54.5. The van der Waals surface area contributed by atoms with Gasteiger partial charge in [-0.25, -0.2) is 4.79 Å². The molecule has 0 unspecified atom stereocenters. The van der Waals surface area contributed by atoms with Crippen LogP contribution >= 0.6 is 25.3 Å². The molecule has 44 nitrogen and oxygen atoms in total. The van der Waals surface area contributed by atoms with Crippen molar-refractivity contribution in [3.05, 3.63) is 29.8 Å². The van der Waals surface area contributed by atoms with E-state index in [4.69, 9.17) is 68.8 Å². The largest absolute Gasteiger partial charge is 0.508 e. The first-order valence-corrected chi connectivity index (χ1v) is 37.3. The Hall–Kier alpha value is -10.1. The zero-order valence-corrected chi connectivity index (χ0v) is 64.3. The summed E-state index contributed by atoms with van der Waals surface area (Å²) in [4.78, 5) is 204. The van der Waals surface area contributed by atoms with Crippen molar-refractivity contribution in [3.63, 3.8) is 0 Å². The number of carboxylic acid groups (broad SMARTS) is 1. The lowest BCUT2D eigenvalue weighted by molar-refractivity contribution is -0.142. The van der Waals surface area contributed by atoms with E-state index >= 15 is 0 Å². The number of aromatic hydroxyl groups is 1. The highest BCUT2D eigenvalue weighted by Gasteiger charge is 2.38. The number of carboxylic acids is 1. The lowest BCUT2D eigenvalue weighted by atomic mass is 10.0. The summed E-state index contributed by atoms with van der Waals surface area (Å²) in [6.45, 7) is 2.39. The van der Waals surface area contributed by atoms with Gasteiger partial charge < -0.3 is 148 Å². The number of nitrogens with one attached hydrogen (secondary N) is 12. The molecule has 0 aliphatic rings. The van der Waals surface area contributed by atoms with Crippen LogP contribution in [0.4, 0.5) is 0 Å². The molecule has 39 N–H and O–H groups in total. The average molecular weight is 1610 g/mol. The number of unbranched alkanes of at least 4 members (excludes halogenated alkanes) is 2. The summed E-state index contributed by atoms with van der Waals surface area (Å²) in [6, 6.07) is -14.3. The highest BCUT2D eigenvalue weighted by Crippen LogP contribution is 2.14. The molecular formula is C65H117N27O17S2. The molecule has 14 atom stereocenters. The number of rotatable bonds is 57. The minimum absolute atomic E-state index is 0.0352. The molecule has 0 aliphatic carbocycles. The topological polar surface area (TPSA) is 793 Å². The summed E-state index contributed by atoms with van der Waals surface area (Å²) in [6.07, 6.45) is -1.98. The van der Waals surface area contributed by atoms with Crippen molar-refractivity contribution in [2.45, 2.75) is 208 Å². The number of thiol groups is 2. The molecule has 0 fully saturated rings. The van der Waals surface area contributed by atoms with Crippen molar-refractivity contribution < 1.29 is 82.4 Å². The summed E-state index contributed by atoms with van der Waals surface area (Å²) >= 11 is 8.48. The molecule has 0 spiro atoms. The number of phenolic OH excluding ortho intramolecular Hbond substituents is 1. The van der Waals surface area contributed by atoms with Gasteiger partial charge >= 0.3 is 5.97 Å². The quantitative estimate of drug-likeness (QED) is 0.0125. The number of amides is 13. The number of nitrogens with two attached hydrogens (primary N) is 12. The van der Waals surface area contributed by atoms with Crippen LogP contribution in [0.3, 0.4) is 0 Å². The Balaban J connectivity index is 3.54. The molecule has 1 aromatic rings. The molecule has 0 aliphatic heterocycles. The highest BCUT2D eigenvalue weighted by atomic mass is 32.1. The van der Waals surface area contributed by atoms with E-state index in [9.17, 15) is 82.4 Å².